The normalized spacial score (nSPS) is 47.7. The third-order valence-electron chi connectivity index (χ3n) is 7.45. The molecule has 0 radical (unpaired) electrons. The van der Waals surface area contributed by atoms with Crippen molar-refractivity contribution in [2.45, 2.75) is 125 Å². The Hall–Kier alpha value is -0.600. The zero-order valence-electron chi connectivity index (χ0n) is 21.6. The Labute approximate surface area is 225 Å². The lowest BCUT2D eigenvalue weighted by atomic mass is 10.0. The third-order valence-corrected chi connectivity index (χ3v) is 7.45. The Balaban J connectivity index is 1.35. The second kappa shape index (κ2) is 14.5. The summed E-state index contributed by atoms with van der Waals surface area (Å²) in [6, 6.07) is 0. The van der Waals surface area contributed by atoms with Gasteiger partial charge in [-0.3, -0.25) is 0 Å². The molecule has 0 spiro atoms. The first-order valence-corrected chi connectivity index (χ1v) is 13.5. The second-order valence-corrected chi connectivity index (χ2v) is 10.5. The first-order valence-electron chi connectivity index (χ1n) is 13.5. The Bertz CT molecular complexity index is 732. The average Bonchev–Trinajstić information content (AvgIpc) is 2.92. The molecule has 0 bridgehead atoms. The molecule has 39 heavy (non-hydrogen) atoms. The van der Waals surface area contributed by atoms with Gasteiger partial charge in [-0.25, -0.2) is 0 Å². The van der Waals surface area contributed by atoms with Crippen LogP contribution in [0.1, 0.15) is 38.5 Å². The number of aliphatic hydroxyl groups excluding tert-OH is 8. The van der Waals surface area contributed by atoms with Crippen molar-refractivity contribution < 1.29 is 74.0 Å². The molecule has 0 aliphatic carbocycles. The zero-order chi connectivity index (χ0) is 28.1. The maximum atomic E-state index is 10.7. The van der Waals surface area contributed by atoms with Gasteiger partial charge in [0.1, 0.15) is 18.3 Å². The highest BCUT2D eigenvalue weighted by Gasteiger charge is 2.45. The van der Waals surface area contributed by atoms with Crippen LogP contribution in [0.15, 0.2) is 0 Å². The first-order chi connectivity index (χ1) is 18.7. The fourth-order valence-electron chi connectivity index (χ4n) is 5.31. The van der Waals surface area contributed by atoms with Gasteiger partial charge in [-0.15, -0.1) is 0 Å². The number of hydrogen-bond donors (Lipinski definition) is 8. The van der Waals surface area contributed by atoms with Crippen LogP contribution in [0.5, 0.6) is 0 Å². The summed E-state index contributed by atoms with van der Waals surface area (Å²) in [7, 11) is 0. The minimum absolute atomic E-state index is 0.0609. The predicted octanol–water partition coefficient (Wildman–Crippen LogP) is -3.57. The molecule has 4 rings (SSSR count). The van der Waals surface area contributed by atoms with Gasteiger partial charge < -0.3 is 74.0 Å². The summed E-state index contributed by atoms with van der Waals surface area (Å²) in [6.45, 7) is -1.25. The lowest BCUT2D eigenvalue weighted by Crippen LogP contribution is -2.56. The summed E-state index contributed by atoms with van der Waals surface area (Å²) >= 11 is 0. The topological polar surface area (TPSA) is 226 Å². The van der Waals surface area contributed by atoms with Crippen LogP contribution in [-0.2, 0) is 33.2 Å². The van der Waals surface area contributed by atoms with Crippen molar-refractivity contribution >= 4 is 0 Å². The summed E-state index contributed by atoms with van der Waals surface area (Å²) in [5.41, 5.74) is 0. The van der Waals surface area contributed by atoms with Gasteiger partial charge in [-0.05, 0) is 6.42 Å². The maximum Gasteiger partial charge on any atom is 0.186 e. The first kappa shape index (κ1) is 31.3. The van der Waals surface area contributed by atoms with Gasteiger partial charge in [0.2, 0.25) is 0 Å². The van der Waals surface area contributed by atoms with Gasteiger partial charge >= 0.3 is 0 Å². The van der Waals surface area contributed by atoms with E-state index in [4.69, 9.17) is 33.2 Å². The van der Waals surface area contributed by atoms with Gasteiger partial charge in [0.15, 0.2) is 25.2 Å². The fourth-order valence-corrected chi connectivity index (χ4v) is 5.31. The molecule has 0 saturated carbocycles. The van der Waals surface area contributed by atoms with Crippen molar-refractivity contribution in [3.05, 3.63) is 0 Å². The van der Waals surface area contributed by atoms with Gasteiger partial charge in [0.05, 0.1) is 69.2 Å². The average molecular weight is 571 g/mol. The highest BCUT2D eigenvalue weighted by atomic mass is 16.8. The number of rotatable bonds is 10. The Morgan fingerprint density at radius 1 is 0.641 bits per heavy atom. The molecule has 4 heterocycles. The van der Waals surface area contributed by atoms with Crippen molar-refractivity contribution in [2.75, 3.05) is 26.4 Å². The fraction of sp³-hybridized carbons (Fsp3) is 1.00. The van der Waals surface area contributed by atoms with Crippen molar-refractivity contribution in [3.63, 3.8) is 0 Å². The summed E-state index contributed by atoms with van der Waals surface area (Å²) in [6.07, 6.45) is -12.4. The maximum absolute atomic E-state index is 10.7. The van der Waals surface area contributed by atoms with E-state index in [9.17, 15) is 40.9 Å². The highest BCUT2D eigenvalue weighted by molar-refractivity contribution is 4.87. The Morgan fingerprint density at radius 3 is 2.10 bits per heavy atom. The van der Waals surface area contributed by atoms with Crippen LogP contribution in [0, 0.1) is 0 Å². The van der Waals surface area contributed by atoms with E-state index in [-0.39, 0.29) is 45.5 Å². The van der Waals surface area contributed by atoms with Crippen molar-refractivity contribution in [3.8, 4) is 0 Å². The molecular weight excluding hydrogens is 528 g/mol. The highest BCUT2D eigenvalue weighted by Crippen LogP contribution is 2.31. The number of aliphatic hydroxyl groups is 8. The summed E-state index contributed by atoms with van der Waals surface area (Å²) in [5, 5.41) is 79.8. The monoisotopic (exact) mass is 570 g/mol. The SMILES string of the molecule is OC[C@@H]1C[C@H](O)C[C@H](O[C@@H]2[C@@H](OC[C@@H]3C[C@H](O[C@@H]4CC[C@H](O)[C@@H](CO)O4)[C@H](O)[C@H](O)O3)O[C@H](CO)C[C@@H]2O)O1. The quantitative estimate of drug-likeness (QED) is 0.127. The van der Waals surface area contributed by atoms with Gasteiger partial charge in [-0.2, -0.15) is 0 Å². The predicted molar refractivity (Wildman–Crippen MR) is 126 cm³/mol. The molecule has 4 saturated heterocycles. The molecule has 8 N–H and O–H groups in total. The lowest BCUT2D eigenvalue weighted by Gasteiger charge is -2.43. The van der Waals surface area contributed by atoms with Crippen molar-refractivity contribution in [2.24, 2.45) is 0 Å². The van der Waals surface area contributed by atoms with E-state index in [1.54, 1.807) is 0 Å². The molecular formula is C24H42O15. The van der Waals surface area contributed by atoms with E-state index in [0.29, 0.717) is 12.8 Å². The molecule has 0 aromatic rings. The summed E-state index contributed by atoms with van der Waals surface area (Å²) in [4.78, 5) is 0. The largest absolute Gasteiger partial charge is 0.394 e. The minimum atomic E-state index is -1.59. The van der Waals surface area contributed by atoms with Crippen LogP contribution in [0.25, 0.3) is 0 Å². The van der Waals surface area contributed by atoms with E-state index in [2.05, 4.69) is 0 Å². The molecule has 4 fully saturated rings. The molecule has 4 aliphatic heterocycles. The lowest BCUT2D eigenvalue weighted by molar-refractivity contribution is -0.338. The Kier molecular flexibility index (Phi) is 11.7. The van der Waals surface area contributed by atoms with E-state index < -0.39 is 92.8 Å². The van der Waals surface area contributed by atoms with Crippen molar-refractivity contribution in [1.82, 2.24) is 0 Å². The molecule has 0 aromatic heterocycles. The van der Waals surface area contributed by atoms with Crippen LogP contribution in [0.2, 0.25) is 0 Å². The molecule has 15 nitrogen and oxygen atoms in total. The van der Waals surface area contributed by atoms with Crippen LogP contribution in [0.3, 0.4) is 0 Å². The van der Waals surface area contributed by atoms with Gasteiger partial charge in [-0.1, -0.05) is 0 Å². The molecule has 15 heteroatoms. The molecule has 4 aliphatic rings. The molecule has 228 valence electrons. The summed E-state index contributed by atoms with van der Waals surface area (Å²) in [5.74, 6) is 0. The van der Waals surface area contributed by atoms with E-state index in [1.807, 2.05) is 0 Å². The van der Waals surface area contributed by atoms with E-state index in [1.165, 1.54) is 0 Å². The van der Waals surface area contributed by atoms with Crippen LogP contribution in [0.4, 0.5) is 0 Å². The van der Waals surface area contributed by atoms with E-state index >= 15 is 0 Å². The van der Waals surface area contributed by atoms with Gasteiger partial charge in [0.25, 0.3) is 0 Å². The smallest absolute Gasteiger partial charge is 0.186 e. The van der Waals surface area contributed by atoms with E-state index in [0.717, 1.165) is 0 Å². The molecule has 14 atom stereocenters. The summed E-state index contributed by atoms with van der Waals surface area (Å²) < 4.78 is 40.0. The van der Waals surface area contributed by atoms with Crippen LogP contribution in [-0.4, -0.2) is 153 Å². The number of hydrogen-bond acceptors (Lipinski definition) is 15. The van der Waals surface area contributed by atoms with Gasteiger partial charge in [0, 0.05) is 32.1 Å². The zero-order valence-corrected chi connectivity index (χ0v) is 21.6. The number of ether oxygens (including phenoxy) is 7. The molecule has 0 unspecified atom stereocenters. The minimum Gasteiger partial charge on any atom is -0.394 e. The second-order valence-electron chi connectivity index (χ2n) is 10.5. The Morgan fingerprint density at radius 2 is 1.38 bits per heavy atom. The standard InChI is InChI=1S/C24H42O15/c25-7-12-3-11(28)4-20(34-12)39-22-16(30)5-13(8-26)36-24(22)33-10-14-6-17(21(31)23(32)35-14)37-19-2-1-15(29)18(9-27)38-19/h11-32H,1-10H2/t11-,12-,13-,14-,15-,16-,17-,18+,19-,20-,21-,22-,23+,24-/m0/s1. The molecule has 0 amide bonds. The van der Waals surface area contributed by atoms with Crippen molar-refractivity contribution in [1.29, 1.82) is 0 Å². The van der Waals surface area contributed by atoms with Crippen LogP contribution < -0.4 is 0 Å². The molecule has 0 aromatic carbocycles. The third kappa shape index (κ3) is 8.24. The van der Waals surface area contributed by atoms with Crippen LogP contribution >= 0.6 is 0 Å².